The van der Waals surface area contributed by atoms with E-state index in [9.17, 15) is 22.8 Å². The van der Waals surface area contributed by atoms with Crippen molar-refractivity contribution in [3.63, 3.8) is 0 Å². The van der Waals surface area contributed by atoms with E-state index in [4.69, 9.17) is 14.3 Å². The molecule has 0 bridgehead atoms. The summed E-state index contributed by atoms with van der Waals surface area (Å²) in [5.41, 5.74) is 0.237. The second kappa shape index (κ2) is 9.81. The molecule has 2 aromatic carbocycles. The number of nitrogens with one attached hydrogen (secondary N) is 2. The van der Waals surface area contributed by atoms with E-state index in [1.165, 1.54) is 0 Å². The van der Waals surface area contributed by atoms with Crippen LogP contribution in [0.3, 0.4) is 0 Å². The monoisotopic (exact) mass is 476 g/mol. The van der Waals surface area contributed by atoms with E-state index in [2.05, 4.69) is 20.8 Å². The maximum atomic E-state index is 13.3. The van der Waals surface area contributed by atoms with Crippen LogP contribution in [-0.2, 0) is 4.79 Å². The normalized spacial score (nSPS) is 17.7. The minimum Gasteiger partial charge on any atom is -0.490 e. The van der Waals surface area contributed by atoms with Gasteiger partial charge in [0, 0.05) is 23.5 Å². The molecular formula is C22H19F3N4O5. The van der Waals surface area contributed by atoms with Gasteiger partial charge in [-0.15, -0.1) is 5.10 Å². The standard InChI is InChI=1S/C22H19F3N4O5/c23-16-9-13(10-17(24)18(16)25)27-22-29-28-20(34-22)19(30)26-12-3-7-15(8-4-12)33-14-5-1-11(2-6-14)21(31)32/h3-4,7-11,14H,1-2,5-6H2,(H,26,30)(H,27,29)(H,31,32)/t11-,14+. The first-order valence-corrected chi connectivity index (χ1v) is 10.3. The molecule has 1 fully saturated rings. The Morgan fingerprint density at radius 3 is 2.24 bits per heavy atom. The highest BCUT2D eigenvalue weighted by molar-refractivity contribution is 6.00. The number of carboxylic acid groups (broad SMARTS) is 1. The van der Waals surface area contributed by atoms with E-state index in [0.29, 0.717) is 49.3 Å². The number of benzene rings is 2. The second-order valence-electron chi connectivity index (χ2n) is 7.70. The van der Waals surface area contributed by atoms with E-state index in [-0.39, 0.29) is 23.7 Å². The summed E-state index contributed by atoms with van der Waals surface area (Å²) in [6.07, 6.45) is 2.38. The summed E-state index contributed by atoms with van der Waals surface area (Å²) >= 11 is 0. The number of nitrogens with zero attached hydrogens (tertiary/aromatic N) is 2. The lowest BCUT2D eigenvalue weighted by molar-refractivity contribution is -0.143. The topological polar surface area (TPSA) is 127 Å². The molecule has 1 saturated carbocycles. The number of anilines is 3. The summed E-state index contributed by atoms with van der Waals surface area (Å²) in [7, 11) is 0. The predicted molar refractivity (Wildman–Crippen MR) is 112 cm³/mol. The van der Waals surface area contributed by atoms with Gasteiger partial charge in [-0.05, 0) is 49.9 Å². The van der Waals surface area contributed by atoms with Crippen LogP contribution in [0.2, 0.25) is 0 Å². The molecule has 0 atom stereocenters. The number of hydrogen-bond donors (Lipinski definition) is 3. The third-order valence-electron chi connectivity index (χ3n) is 5.29. The number of aromatic nitrogens is 2. The number of hydrogen-bond acceptors (Lipinski definition) is 7. The maximum absolute atomic E-state index is 13.3. The van der Waals surface area contributed by atoms with Crippen LogP contribution in [0.25, 0.3) is 0 Å². The number of ether oxygens (including phenoxy) is 1. The lowest BCUT2D eigenvalue weighted by Crippen LogP contribution is -2.27. The maximum Gasteiger partial charge on any atom is 0.320 e. The highest BCUT2D eigenvalue weighted by atomic mass is 19.2. The van der Waals surface area contributed by atoms with Crippen molar-refractivity contribution in [1.82, 2.24) is 10.2 Å². The second-order valence-corrected chi connectivity index (χ2v) is 7.70. The van der Waals surface area contributed by atoms with Crippen molar-refractivity contribution in [3.8, 4) is 5.75 Å². The van der Waals surface area contributed by atoms with Crippen LogP contribution in [0, 0.1) is 23.4 Å². The number of amides is 1. The molecule has 1 amide bonds. The summed E-state index contributed by atoms with van der Waals surface area (Å²) in [4.78, 5) is 23.4. The third-order valence-corrected chi connectivity index (χ3v) is 5.29. The van der Waals surface area contributed by atoms with Gasteiger partial charge >= 0.3 is 23.8 Å². The van der Waals surface area contributed by atoms with Crippen molar-refractivity contribution in [2.75, 3.05) is 10.6 Å². The van der Waals surface area contributed by atoms with Gasteiger partial charge in [0.15, 0.2) is 17.5 Å². The van der Waals surface area contributed by atoms with E-state index >= 15 is 0 Å². The van der Waals surface area contributed by atoms with E-state index in [0.717, 1.165) is 0 Å². The first kappa shape index (κ1) is 23.1. The summed E-state index contributed by atoms with van der Waals surface area (Å²) in [6, 6.07) is 7.62. The number of carboxylic acids is 1. The highest BCUT2D eigenvalue weighted by Gasteiger charge is 2.27. The fourth-order valence-electron chi connectivity index (χ4n) is 3.54. The Hall–Kier alpha value is -4.09. The Bertz CT molecular complexity index is 1170. The minimum absolute atomic E-state index is 0.0663. The lowest BCUT2D eigenvalue weighted by atomic mass is 9.87. The molecule has 1 heterocycles. The highest BCUT2D eigenvalue weighted by Crippen LogP contribution is 2.28. The quantitative estimate of drug-likeness (QED) is 0.426. The van der Waals surface area contributed by atoms with Gasteiger partial charge in [0.25, 0.3) is 0 Å². The number of carbonyl (C=O) groups excluding carboxylic acids is 1. The molecule has 0 radical (unpaired) electrons. The van der Waals surface area contributed by atoms with Crippen molar-refractivity contribution in [1.29, 1.82) is 0 Å². The predicted octanol–water partition coefficient (Wildman–Crippen LogP) is 4.51. The molecule has 0 saturated heterocycles. The van der Waals surface area contributed by atoms with Crippen LogP contribution < -0.4 is 15.4 Å². The third kappa shape index (κ3) is 5.45. The van der Waals surface area contributed by atoms with Crippen molar-refractivity contribution in [2.24, 2.45) is 5.92 Å². The smallest absolute Gasteiger partial charge is 0.320 e. The zero-order valence-electron chi connectivity index (χ0n) is 17.6. The first-order valence-electron chi connectivity index (χ1n) is 10.3. The molecular weight excluding hydrogens is 457 g/mol. The average Bonchev–Trinajstić information content (AvgIpc) is 3.28. The molecule has 12 heteroatoms. The van der Waals surface area contributed by atoms with Gasteiger partial charge in [0.2, 0.25) is 0 Å². The van der Waals surface area contributed by atoms with Gasteiger partial charge in [-0.2, -0.15) is 0 Å². The number of halogens is 3. The van der Waals surface area contributed by atoms with Gasteiger partial charge in [-0.3, -0.25) is 9.59 Å². The number of aliphatic carboxylic acids is 1. The van der Waals surface area contributed by atoms with Crippen LogP contribution in [0.1, 0.15) is 36.4 Å². The fraction of sp³-hybridized carbons (Fsp3) is 0.273. The molecule has 3 aromatic rings. The van der Waals surface area contributed by atoms with Gasteiger partial charge in [-0.25, -0.2) is 13.2 Å². The molecule has 3 N–H and O–H groups in total. The van der Waals surface area contributed by atoms with E-state index < -0.39 is 35.2 Å². The van der Waals surface area contributed by atoms with E-state index in [1.54, 1.807) is 24.3 Å². The number of carbonyl (C=O) groups is 2. The van der Waals surface area contributed by atoms with Crippen LogP contribution in [0.4, 0.5) is 30.6 Å². The summed E-state index contributed by atoms with van der Waals surface area (Å²) in [6.45, 7) is 0. The van der Waals surface area contributed by atoms with Crippen molar-refractivity contribution < 1.29 is 37.0 Å². The van der Waals surface area contributed by atoms with Gasteiger partial charge in [0.05, 0.1) is 12.0 Å². The first-order chi connectivity index (χ1) is 16.3. The molecule has 9 nitrogen and oxygen atoms in total. The molecule has 0 unspecified atom stereocenters. The van der Waals surface area contributed by atoms with Gasteiger partial charge in [0.1, 0.15) is 5.75 Å². The van der Waals surface area contributed by atoms with Crippen molar-refractivity contribution in [2.45, 2.75) is 31.8 Å². The zero-order chi connectivity index (χ0) is 24.2. The van der Waals surface area contributed by atoms with Crippen molar-refractivity contribution in [3.05, 3.63) is 59.7 Å². The Morgan fingerprint density at radius 1 is 0.971 bits per heavy atom. The van der Waals surface area contributed by atoms with Crippen LogP contribution in [0.15, 0.2) is 40.8 Å². The van der Waals surface area contributed by atoms with E-state index in [1.807, 2.05) is 0 Å². The summed E-state index contributed by atoms with van der Waals surface area (Å²) < 4.78 is 50.7. The zero-order valence-corrected chi connectivity index (χ0v) is 17.6. The lowest BCUT2D eigenvalue weighted by Gasteiger charge is -2.26. The molecule has 1 aliphatic rings. The SMILES string of the molecule is O=C(Nc1ccc(O[C@H]2CC[C@@H](C(=O)O)CC2)cc1)c1nnc(Nc2cc(F)c(F)c(F)c2)o1. The Balaban J connectivity index is 1.31. The van der Waals surface area contributed by atoms with Crippen LogP contribution >= 0.6 is 0 Å². The summed E-state index contributed by atoms with van der Waals surface area (Å²) in [5.74, 6) is -6.07. The molecule has 0 spiro atoms. The fourth-order valence-corrected chi connectivity index (χ4v) is 3.54. The average molecular weight is 476 g/mol. The summed E-state index contributed by atoms with van der Waals surface area (Å²) in [5, 5.41) is 21.1. The van der Waals surface area contributed by atoms with Crippen LogP contribution in [0.5, 0.6) is 5.75 Å². The van der Waals surface area contributed by atoms with Crippen LogP contribution in [-0.4, -0.2) is 33.3 Å². The van der Waals surface area contributed by atoms with Gasteiger partial charge in [-0.1, -0.05) is 5.10 Å². The minimum atomic E-state index is -1.61. The Morgan fingerprint density at radius 2 is 1.62 bits per heavy atom. The Kier molecular flexibility index (Phi) is 6.66. The van der Waals surface area contributed by atoms with Gasteiger partial charge < -0.3 is 24.9 Å². The molecule has 4 rings (SSSR count). The Labute approximate surface area is 190 Å². The van der Waals surface area contributed by atoms with Crippen molar-refractivity contribution >= 4 is 29.3 Å². The largest absolute Gasteiger partial charge is 0.490 e. The molecule has 178 valence electrons. The molecule has 0 aliphatic heterocycles. The number of rotatable bonds is 7. The molecule has 34 heavy (non-hydrogen) atoms. The molecule has 1 aromatic heterocycles. The molecule has 1 aliphatic carbocycles.